The Bertz CT molecular complexity index is 754. The molecule has 4 nitrogen and oxygen atoms in total. The van der Waals surface area contributed by atoms with E-state index in [0.717, 1.165) is 11.1 Å². The van der Waals surface area contributed by atoms with Crippen LogP contribution in [0.3, 0.4) is 0 Å². The molecule has 5 heteroatoms. The molecule has 130 valence electrons. The Morgan fingerprint density at radius 1 is 1.08 bits per heavy atom. The van der Waals surface area contributed by atoms with E-state index in [2.05, 4.69) is 5.32 Å². The minimum Gasteiger partial charge on any atom is -0.481 e. The summed E-state index contributed by atoms with van der Waals surface area (Å²) in [7, 11) is 0. The van der Waals surface area contributed by atoms with E-state index in [1.54, 1.807) is 12.1 Å². The fraction of sp³-hybridized carbons (Fsp3) is 0.300. The van der Waals surface area contributed by atoms with Crippen LogP contribution in [0, 0.1) is 11.7 Å². The van der Waals surface area contributed by atoms with Crippen molar-refractivity contribution in [2.75, 3.05) is 6.54 Å². The summed E-state index contributed by atoms with van der Waals surface area (Å²) in [6, 6.07) is 15.3. The van der Waals surface area contributed by atoms with Crippen LogP contribution < -0.4 is 5.32 Å². The lowest BCUT2D eigenvalue weighted by Crippen LogP contribution is -2.40. The number of hydrogen-bond acceptors (Lipinski definition) is 2. The monoisotopic (exact) mass is 341 g/mol. The molecular weight excluding hydrogens is 321 g/mol. The van der Waals surface area contributed by atoms with Crippen molar-refractivity contribution >= 4 is 11.9 Å². The summed E-state index contributed by atoms with van der Waals surface area (Å²) in [5, 5.41) is 12.2. The number of halogens is 1. The van der Waals surface area contributed by atoms with E-state index in [1.165, 1.54) is 12.1 Å². The molecule has 2 aromatic carbocycles. The first kappa shape index (κ1) is 17.1. The number of carbonyl (C=O) groups is 2. The molecule has 25 heavy (non-hydrogen) atoms. The topological polar surface area (TPSA) is 66.4 Å². The molecule has 3 rings (SSSR count). The first-order valence-corrected chi connectivity index (χ1v) is 8.32. The van der Waals surface area contributed by atoms with Gasteiger partial charge in [-0.25, -0.2) is 4.39 Å². The molecule has 0 saturated heterocycles. The van der Waals surface area contributed by atoms with Gasteiger partial charge in [0.05, 0.1) is 11.3 Å². The summed E-state index contributed by atoms with van der Waals surface area (Å²) < 4.78 is 13.1. The van der Waals surface area contributed by atoms with E-state index in [0.29, 0.717) is 19.3 Å². The van der Waals surface area contributed by atoms with Gasteiger partial charge in [0.1, 0.15) is 5.82 Å². The second-order valence-electron chi connectivity index (χ2n) is 6.52. The molecule has 1 aliphatic carbocycles. The molecule has 1 aliphatic rings. The molecule has 0 aliphatic heterocycles. The van der Waals surface area contributed by atoms with Crippen molar-refractivity contribution in [3.63, 3.8) is 0 Å². The van der Waals surface area contributed by atoms with Gasteiger partial charge >= 0.3 is 5.97 Å². The van der Waals surface area contributed by atoms with E-state index in [9.17, 15) is 19.1 Å². The summed E-state index contributed by atoms with van der Waals surface area (Å²) in [4.78, 5) is 24.1. The van der Waals surface area contributed by atoms with Crippen LogP contribution in [0.2, 0.25) is 0 Å². The van der Waals surface area contributed by atoms with Crippen LogP contribution in [-0.4, -0.2) is 23.5 Å². The van der Waals surface area contributed by atoms with E-state index in [1.807, 2.05) is 30.3 Å². The lowest BCUT2D eigenvalue weighted by Gasteiger charge is -2.18. The van der Waals surface area contributed by atoms with Crippen molar-refractivity contribution in [1.29, 1.82) is 0 Å². The summed E-state index contributed by atoms with van der Waals surface area (Å²) in [6.45, 7) is 0.0754. The maximum Gasteiger partial charge on any atom is 0.308 e. The van der Waals surface area contributed by atoms with Gasteiger partial charge in [0.15, 0.2) is 0 Å². The zero-order valence-electron chi connectivity index (χ0n) is 13.7. The van der Waals surface area contributed by atoms with E-state index >= 15 is 0 Å². The van der Waals surface area contributed by atoms with Crippen molar-refractivity contribution in [3.8, 4) is 0 Å². The quantitative estimate of drug-likeness (QED) is 0.814. The number of carboxylic acids is 1. The summed E-state index contributed by atoms with van der Waals surface area (Å²) in [6.07, 6.45) is 1.75. The molecule has 0 spiro atoms. The van der Waals surface area contributed by atoms with Gasteiger partial charge in [0.25, 0.3) is 0 Å². The average Bonchev–Trinajstić information content (AvgIpc) is 3.41. The number of carboxylic acid groups (broad SMARTS) is 1. The molecule has 0 radical (unpaired) electrons. The zero-order chi connectivity index (χ0) is 17.9. The minimum absolute atomic E-state index is 0.0754. The Kier molecular flexibility index (Phi) is 4.83. The first-order valence-electron chi connectivity index (χ1n) is 8.32. The van der Waals surface area contributed by atoms with E-state index in [-0.39, 0.29) is 18.3 Å². The number of hydrogen-bond donors (Lipinski definition) is 2. The van der Waals surface area contributed by atoms with Crippen molar-refractivity contribution in [2.45, 2.75) is 24.7 Å². The Morgan fingerprint density at radius 2 is 1.72 bits per heavy atom. The third-order valence-corrected chi connectivity index (χ3v) is 4.76. The van der Waals surface area contributed by atoms with Gasteiger partial charge in [0, 0.05) is 6.54 Å². The molecule has 1 amide bonds. The second kappa shape index (κ2) is 7.05. The van der Waals surface area contributed by atoms with Gasteiger partial charge in [0.2, 0.25) is 5.91 Å². The predicted octanol–water partition coefficient (Wildman–Crippen LogP) is 2.92. The molecule has 1 fully saturated rings. The number of benzene rings is 2. The number of rotatable bonds is 7. The third kappa shape index (κ3) is 3.87. The zero-order valence-corrected chi connectivity index (χ0v) is 13.7. The lowest BCUT2D eigenvalue weighted by molar-refractivity contribution is -0.141. The highest BCUT2D eigenvalue weighted by Crippen LogP contribution is 2.48. The fourth-order valence-electron chi connectivity index (χ4n) is 3.07. The number of nitrogens with one attached hydrogen (secondary N) is 1. The molecule has 0 heterocycles. The molecule has 1 unspecified atom stereocenters. The Morgan fingerprint density at radius 3 is 2.28 bits per heavy atom. The van der Waals surface area contributed by atoms with Gasteiger partial charge in [-0.3, -0.25) is 9.59 Å². The summed E-state index contributed by atoms with van der Waals surface area (Å²) in [5.74, 6) is -2.14. The highest BCUT2D eigenvalue weighted by Gasteiger charge is 2.51. The Hall–Kier alpha value is -2.69. The normalized spacial score (nSPS) is 16.0. The average molecular weight is 341 g/mol. The van der Waals surface area contributed by atoms with E-state index < -0.39 is 17.3 Å². The number of carbonyl (C=O) groups excluding carboxylic acids is 1. The van der Waals surface area contributed by atoms with Crippen LogP contribution in [0.15, 0.2) is 54.6 Å². The summed E-state index contributed by atoms with van der Waals surface area (Å²) >= 11 is 0. The van der Waals surface area contributed by atoms with Crippen molar-refractivity contribution in [1.82, 2.24) is 5.32 Å². The Balaban J connectivity index is 1.64. The fourth-order valence-corrected chi connectivity index (χ4v) is 3.07. The molecular formula is C20H20FNO3. The number of amides is 1. The third-order valence-electron chi connectivity index (χ3n) is 4.76. The van der Waals surface area contributed by atoms with Crippen LogP contribution in [0.4, 0.5) is 4.39 Å². The Labute approximate surface area is 145 Å². The molecule has 2 aromatic rings. The maximum atomic E-state index is 13.1. The van der Waals surface area contributed by atoms with Crippen LogP contribution >= 0.6 is 0 Å². The van der Waals surface area contributed by atoms with Gasteiger partial charge in [-0.2, -0.15) is 0 Å². The maximum absolute atomic E-state index is 13.1. The van der Waals surface area contributed by atoms with Gasteiger partial charge in [-0.05, 0) is 42.5 Å². The number of aliphatic carboxylic acids is 1. The largest absolute Gasteiger partial charge is 0.481 e. The van der Waals surface area contributed by atoms with Gasteiger partial charge in [-0.15, -0.1) is 0 Å². The SMILES string of the molecule is O=C(O)C(CNC(=O)C1(c2ccc(F)cc2)CC1)Cc1ccccc1. The highest BCUT2D eigenvalue weighted by molar-refractivity contribution is 5.91. The van der Waals surface area contributed by atoms with Crippen molar-refractivity contribution < 1.29 is 19.1 Å². The standard InChI is InChI=1S/C20H20FNO3/c21-17-8-6-16(7-9-17)20(10-11-20)19(25)22-13-15(18(23)24)12-14-4-2-1-3-5-14/h1-9,15H,10-13H2,(H,22,25)(H,23,24). The van der Waals surface area contributed by atoms with Crippen molar-refractivity contribution in [2.24, 2.45) is 5.92 Å². The van der Waals surface area contributed by atoms with Crippen LogP contribution in [-0.2, 0) is 21.4 Å². The molecule has 1 atom stereocenters. The predicted molar refractivity (Wildman–Crippen MR) is 91.6 cm³/mol. The smallest absolute Gasteiger partial charge is 0.308 e. The van der Waals surface area contributed by atoms with Crippen molar-refractivity contribution in [3.05, 3.63) is 71.5 Å². The van der Waals surface area contributed by atoms with Crippen LogP contribution in [0.1, 0.15) is 24.0 Å². The lowest BCUT2D eigenvalue weighted by atomic mass is 9.94. The second-order valence-corrected chi connectivity index (χ2v) is 6.52. The van der Waals surface area contributed by atoms with Gasteiger partial charge < -0.3 is 10.4 Å². The highest BCUT2D eigenvalue weighted by atomic mass is 19.1. The van der Waals surface area contributed by atoms with Crippen LogP contribution in [0.25, 0.3) is 0 Å². The molecule has 2 N–H and O–H groups in total. The van der Waals surface area contributed by atoms with Crippen LogP contribution in [0.5, 0.6) is 0 Å². The molecule has 0 bridgehead atoms. The van der Waals surface area contributed by atoms with E-state index in [4.69, 9.17) is 0 Å². The molecule has 0 aromatic heterocycles. The first-order chi connectivity index (χ1) is 12.0. The molecule has 1 saturated carbocycles. The van der Waals surface area contributed by atoms with Gasteiger partial charge in [-0.1, -0.05) is 42.5 Å². The minimum atomic E-state index is -0.934. The summed E-state index contributed by atoms with van der Waals surface area (Å²) in [5.41, 5.74) is 1.06.